The average Bonchev–Trinajstić information content (AvgIpc) is 2.07. The Hall–Kier alpha value is -0.0400. The van der Waals surface area contributed by atoms with Crippen LogP contribution in [0.4, 0.5) is 0 Å². The molecule has 12 heavy (non-hydrogen) atoms. The van der Waals surface area contributed by atoms with E-state index in [1.165, 1.54) is 32.2 Å². The minimum absolute atomic E-state index is 0.540. The highest BCUT2D eigenvalue weighted by molar-refractivity contribution is 4.81. The molecule has 1 rings (SSSR count). The third kappa shape index (κ3) is 2.48. The molecule has 0 aliphatic carbocycles. The molecule has 0 amide bonds. The Bertz CT molecular complexity index is 140. The van der Waals surface area contributed by atoms with Gasteiger partial charge in [0.25, 0.3) is 0 Å². The molecule has 0 aromatic carbocycles. The second-order valence-electron chi connectivity index (χ2n) is 5.03. The molecule has 0 spiro atoms. The lowest BCUT2D eigenvalue weighted by atomic mass is 9.88. The van der Waals surface area contributed by atoms with Crippen molar-refractivity contribution in [2.24, 2.45) is 5.41 Å². The molecule has 0 saturated carbocycles. The molecular weight excluding hydrogens is 146 g/mol. The van der Waals surface area contributed by atoms with Crippen molar-refractivity contribution in [1.29, 1.82) is 0 Å². The van der Waals surface area contributed by atoms with Crippen molar-refractivity contribution >= 4 is 0 Å². The van der Waals surface area contributed by atoms with Gasteiger partial charge in [0.05, 0.1) is 0 Å². The fourth-order valence-corrected chi connectivity index (χ4v) is 2.44. The summed E-state index contributed by atoms with van der Waals surface area (Å²) < 4.78 is 0. The second kappa shape index (κ2) is 3.78. The van der Waals surface area contributed by atoms with Crippen molar-refractivity contribution in [3.05, 3.63) is 0 Å². The standard InChI is InChI=1S/C11H23N/c1-5-10-7-6-8-11(2,3)9-12(10)4/h10H,5-9H2,1-4H3. The summed E-state index contributed by atoms with van der Waals surface area (Å²) in [5.41, 5.74) is 0.540. The van der Waals surface area contributed by atoms with Crippen LogP contribution in [-0.4, -0.2) is 24.5 Å². The van der Waals surface area contributed by atoms with E-state index in [1.54, 1.807) is 0 Å². The summed E-state index contributed by atoms with van der Waals surface area (Å²) in [5.74, 6) is 0. The van der Waals surface area contributed by atoms with Gasteiger partial charge in [0.2, 0.25) is 0 Å². The Kier molecular flexibility index (Phi) is 3.16. The van der Waals surface area contributed by atoms with Crippen LogP contribution in [0.2, 0.25) is 0 Å². The lowest BCUT2D eigenvalue weighted by Crippen LogP contribution is -2.35. The highest BCUT2D eigenvalue weighted by atomic mass is 15.1. The Morgan fingerprint density at radius 3 is 2.67 bits per heavy atom. The van der Waals surface area contributed by atoms with Gasteiger partial charge in [-0.15, -0.1) is 0 Å². The van der Waals surface area contributed by atoms with Gasteiger partial charge in [-0.2, -0.15) is 0 Å². The van der Waals surface area contributed by atoms with E-state index in [2.05, 4.69) is 32.7 Å². The van der Waals surface area contributed by atoms with E-state index in [0.29, 0.717) is 5.41 Å². The first-order valence-electron chi connectivity index (χ1n) is 5.25. The van der Waals surface area contributed by atoms with Gasteiger partial charge in [0.1, 0.15) is 0 Å². The van der Waals surface area contributed by atoms with Crippen molar-refractivity contribution in [2.75, 3.05) is 13.6 Å². The molecule has 72 valence electrons. The highest BCUT2D eigenvalue weighted by Crippen LogP contribution is 2.30. The summed E-state index contributed by atoms with van der Waals surface area (Å²) in [6.45, 7) is 8.36. The third-order valence-electron chi connectivity index (χ3n) is 3.16. The summed E-state index contributed by atoms with van der Waals surface area (Å²) in [5, 5.41) is 0. The van der Waals surface area contributed by atoms with Crippen LogP contribution in [0.1, 0.15) is 46.5 Å². The first kappa shape index (κ1) is 10.0. The van der Waals surface area contributed by atoms with E-state index >= 15 is 0 Å². The van der Waals surface area contributed by atoms with Gasteiger partial charge in [-0.3, -0.25) is 0 Å². The van der Waals surface area contributed by atoms with Gasteiger partial charge < -0.3 is 4.90 Å². The number of likely N-dealkylation sites (tertiary alicyclic amines) is 1. The van der Waals surface area contributed by atoms with Crippen LogP contribution in [0.3, 0.4) is 0 Å². The maximum Gasteiger partial charge on any atom is 0.00898 e. The van der Waals surface area contributed by atoms with E-state index in [4.69, 9.17) is 0 Å². The molecule has 1 atom stereocenters. The zero-order valence-electron chi connectivity index (χ0n) is 9.06. The smallest absolute Gasteiger partial charge is 0.00898 e. The third-order valence-corrected chi connectivity index (χ3v) is 3.16. The molecule has 1 heteroatoms. The quantitative estimate of drug-likeness (QED) is 0.583. The number of rotatable bonds is 1. The molecular formula is C11H23N. The fourth-order valence-electron chi connectivity index (χ4n) is 2.44. The molecule has 0 aromatic heterocycles. The monoisotopic (exact) mass is 169 g/mol. The van der Waals surface area contributed by atoms with Gasteiger partial charge in [-0.1, -0.05) is 27.2 Å². The van der Waals surface area contributed by atoms with Crippen molar-refractivity contribution in [2.45, 2.75) is 52.5 Å². The number of hydrogen-bond acceptors (Lipinski definition) is 1. The normalized spacial score (nSPS) is 31.5. The van der Waals surface area contributed by atoms with Crippen LogP contribution in [0.15, 0.2) is 0 Å². The Labute approximate surface area is 77.1 Å². The van der Waals surface area contributed by atoms with Gasteiger partial charge in [-0.25, -0.2) is 0 Å². The van der Waals surface area contributed by atoms with E-state index in [0.717, 1.165) is 6.04 Å². The van der Waals surface area contributed by atoms with E-state index < -0.39 is 0 Å². The maximum absolute atomic E-state index is 2.55. The first-order chi connectivity index (χ1) is 5.55. The molecule has 1 aliphatic rings. The zero-order valence-corrected chi connectivity index (χ0v) is 9.06. The predicted octanol–water partition coefficient (Wildman–Crippen LogP) is 2.91. The minimum Gasteiger partial charge on any atom is -0.303 e. The summed E-state index contributed by atoms with van der Waals surface area (Å²) in [6.07, 6.45) is 5.52. The molecule has 1 aliphatic heterocycles. The van der Waals surface area contributed by atoms with Crippen LogP contribution in [0.25, 0.3) is 0 Å². The van der Waals surface area contributed by atoms with Crippen molar-refractivity contribution < 1.29 is 0 Å². The SMILES string of the molecule is CCC1CCCC(C)(C)CN1C. The van der Waals surface area contributed by atoms with Crippen LogP contribution >= 0.6 is 0 Å². The largest absolute Gasteiger partial charge is 0.303 e. The van der Waals surface area contributed by atoms with E-state index in [9.17, 15) is 0 Å². The maximum atomic E-state index is 2.55. The number of hydrogen-bond donors (Lipinski definition) is 0. The summed E-state index contributed by atoms with van der Waals surface area (Å²) >= 11 is 0. The molecule has 0 N–H and O–H groups in total. The molecule has 1 heterocycles. The van der Waals surface area contributed by atoms with E-state index in [-0.39, 0.29) is 0 Å². The fraction of sp³-hybridized carbons (Fsp3) is 1.00. The van der Waals surface area contributed by atoms with Gasteiger partial charge in [-0.05, 0) is 31.7 Å². The first-order valence-corrected chi connectivity index (χ1v) is 5.25. The average molecular weight is 169 g/mol. The Balaban J connectivity index is 2.56. The molecule has 0 bridgehead atoms. The summed E-state index contributed by atoms with van der Waals surface area (Å²) in [4.78, 5) is 2.55. The predicted molar refractivity (Wildman–Crippen MR) is 54.3 cm³/mol. The molecule has 1 nitrogen and oxygen atoms in total. The molecule has 1 unspecified atom stereocenters. The molecule has 0 aromatic rings. The molecule has 1 fully saturated rings. The topological polar surface area (TPSA) is 3.24 Å². The van der Waals surface area contributed by atoms with Crippen molar-refractivity contribution in [1.82, 2.24) is 4.90 Å². The lowest BCUT2D eigenvalue weighted by Gasteiger charge is -2.30. The molecule has 1 saturated heterocycles. The van der Waals surface area contributed by atoms with Gasteiger partial charge in [0.15, 0.2) is 0 Å². The van der Waals surface area contributed by atoms with Gasteiger partial charge in [0, 0.05) is 12.6 Å². The lowest BCUT2D eigenvalue weighted by molar-refractivity contribution is 0.178. The van der Waals surface area contributed by atoms with Crippen molar-refractivity contribution in [3.63, 3.8) is 0 Å². The molecule has 0 radical (unpaired) electrons. The van der Waals surface area contributed by atoms with Gasteiger partial charge >= 0.3 is 0 Å². The van der Waals surface area contributed by atoms with Crippen LogP contribution in [-0.2, 0) is 0 Å². The van der Waals surface area contributed by atoms with Crippen LogP contribution < -0.4 is 0 Å². The zero-order chi connectivity index (χ0) is 9.19. The van der Waals surface area contributed by atoms with Crippen LogP contribution in [0.5, 0.6) is 0 Å². The Morgan fingerprint density at radius 1 is 1.42 bits per heavy atom. The minimum atomic E-state index is 0.540. The summed E-state index contributed by atoms with van der Waals surface area (Å²) in [7, 11) is 2.28. The van der Waals surface area contributed by atoms with Crippen molar-refractivity contribution in [3.8, 4) is 0 Å². The number of nitrogens with zero attached hydrogens (tertiary/aromatic N) is 1. The Morgan fingerprint density at radius 2 is 2.08 bits per heavy atom. The van der Waals surface area contributed by atoms with Crippen LogP contribution in [0, 0.1) is 5.41 Å². The highest BCUT2D eigenvalue weighted by Gasteiger charge is 2.26. The van der Waals surface area contributed by atoms with E-state index in [1.807, 2.05) is 0 Å². The summed E-state index contributed by atoms with van der Waals surface area (Å²) in [6, 6.07) is 0.840. The second-order valence-corrected chi connectivity index (χ2v) is 5.03.